The Bertz CT molecular complexity index is 293. The van der Waals surface area contributed by atoms with Crippen LogP contribution < -0.4 is 5.73 Å². The molecule has 3 atom stereocenters. The van der Waals surface area contributed by atoms with Gasteiger partial charge in [-0.25, -0.2) is 4.79 Å². The number of amides is 1. The number of carbonyl (C=O) groups is 2. The van der Waals surface area contributed by atoms with Gasteiger partial charge in [-0.2, -0.15) is 0 Å². The molecule has 0 saturated carbocycles. The van der Waals surface area contributed by atoms with Gasteiger partial charge >= 0.3 is 5.97 Å². The summed E-state index contributed by atoms with van der Waals surface area (Å²) in [6, 6.07) is -0.666. The minimum absolute atomic E-state index is 0.0263. The molecule has 1 amide bonds. The number of likely N-dealkylation sites (tertiary alicyclic amines) is 1. The van der Waals surface area contributed by atoms with Crippen LogP contribution in [-0.2, 0) is 9.59 Å². The normalized spacial score (nSPS) is 26.6. The SMILES string of the molecule is CC(CN)CC(=O)N1CCCC(C)C1C(=O)O. The molecular formula is C12H22N2O3. The molecule has 0 spiro atoms. The van der Waals surface area contributed by atoms with Crippen LogP contribution in [-0.4, -0.2) is 41.0 Å². The average Bonchev–Trinajstić information content (AvgIpc) is 2.27. The predicted octanol–water partition coefficient (Wildman–Crippen LogP) is 0.683. The number of carboxylic acids is 1. The van der Waals surface area contributed by atoms with E-state index >= 15 is 0 Å². The van der Waals surface area contributed by atoms with E-state index in [1.54, 1.807) is 0 Å². The van der Waals surface area contributed by atoms with E-state index in [-0.39, 0.29) is 17.7 Å². The van der Waals surface area contributed by atoms with Gasteiger partial charge in [0.05, 0.1) is 0 Å². The van der Waals surface area contributed by atoms with Crippen LogP contribution in [0.15, 0.2) is 0 Å². The summed E-state index contributed by atoms with van der Waals surface area (Å²) < 4.78 is 0. The highest BCUT2D eigenvalue weighted by atomic mass is 16.4. The van der Waals surface area contributed by atoms with E-state index in [4.69, 9.17) is 5.73 Å². The summed E-state index contributed by atoms with van der Waals surface area (Å²) >= 11 is 0. The Morgan fingerprint density at radius 1 is 1.53 bits per heavy atom. The van der Waals surface area contributed by atoms with Gasteiger partial charge in [0.2, 0.25) is 5.91 Å². The molecule has 5 heteroatoms. The van der Waals surface area contributed by atoms with Gasteiger partial charge in [0.1, 0.15) is 6.04 Å². The summed E-state index contributed by atoms with van der Waals surface area (Å²) in [4.78, 5) is 24.8. The van der Waals surface area contributed by atoms with Gasteiger partial charge in [-0.05, 0) is 31.2 Å². The zero-order valence-corrected chi connectivity index (χ0v) is 10.6. The topological polar surface area (TPSA) is 83.6 Å². The lowest BCUT2D eigenvalue weighted by molar-refractivity contribution is -0.155. The summed E-state index contributed by atoms with van der Waals surface area (Å²) in [5, 5.41) is 9.20. The van der Waals surface area contributed by atoms with Crippen molar-refractivity contribution in [3.8, 4) is 0 Å². The number of rotatable bonds is 4. The summed E-state index contributed by atoms with van der Waals surface area (Å²) in [5.74, 6) is -0.847. The van der Waals surface area contributed by atoms with Crippen molar-refractivity contribution in [3.05, 3.63) is 0 Å². The van der Waals surface area contributed by atoms with Gasteiger partial charge in [0, 0.05) is 13.0 Å². The molecule has 1 rings (SSSR count). The van der Waals surface area contributed by atoms with Crippen molar-refractivity contribution in [1.82, 2.24) is 4.90 Å². The molecule has 1 saturated heterocycles. The average molecular weight is 242 g/mol. The standard InChI is InChI=1S/C12H22N2O3/c1-8(7-13)6-10(15)14-5-3-4-9(2)11(14)12(16)17/h8-9,11H,3-7,13H2,1-2H3,(H,16,17). The Morgan fingerprint density at radius 2 is 2.18 bits per heavy atom. The van der Waals surface area contributed by atoms with E-state index < -0.39 is 12.0 Å². The second-order valence-electron chi connectivity index (χ2n) is 5.03. The number of carboxylic acid groups (broad SMARTS) is 1. The predicted molar refractivity (Wildman–Crippen MR) is 64.4 cm³/mol. The second-order valence-corrected chi connectivity index (χ2v) is 5.03. The van der Waals surface area contributed by atoms with Crippen LogP contribution in [0.5, 0.6) is 0 Å². The third-order valence-corrected chi connectivity index (χ3v) is 3.43. The maximum atomic E-state index is 12.0. The highest BCUT2D eigenvalue weighted by Crippen LogP contribution is 2.24. The Hall–Kier alpha value is -1.10. The number of carbonyl (C=O) groups excluding carboxylic acids is 1. The molecule has 1 fully saturated rings. The first-order chi connectivity index (χ1) is 7.97. The third kappa shape index (κ3) is 3.43. The molecule has 0 bridgehead atoms. The molecule has 1 aliphatic heterocycles. The van der Waals surface area contributed by atoms with Gasteiger partial charge < -0.3 is 15.7 Å². The molecule has 17 heavy (non-hydrogen) atoms. The van der Waals surface area contributed by atoms with E-state index in [0.29, 0.717) is 19.5 Å². The first-order valence-corrected chi connectivity index (χ1v) is 6.19. The number of aliphatic carboxylic acids is 1. The fourth-order valence-corrected chi connectivity index (χ4v) is 2.34. The lowest BCUT2D eigenvalue weighted by Gasteiger charge is -2.37. The highest BCUT2D eigenvalue weighted by molar-refractivity contribution is 5.84. The maximum Gasteiger partial charge on any atom is 0.326 e. The fraction of sp³-hybridized carbons (Fsp3) is 0.833. The lowest BCUT2D eigenvalue weighted by atomic mass is 9.90. The lowest BCUT2D eigenvalue weighted by Crippen LogP contribution is -2.52. The van der Waals surface area contributed by atoms with Crippen molar-refractivity contribution in [3.63, 3.8) is 0 Å². The van der Waals surface area contributed by atoms with Crippen LogP contribution in [0.1, 0.15) is 33.1 Å². The first-order valence-electron chi connectivity index (χ1n) is 6.19. The Labute approximate surface area is 102 Å². The maximum absolute atomic E-state index is 12.0. The molecule has 98 valence electrons. The van der Waals surface area contributed by atoms with E-state index in [2.05, 4.69) is 0 Å². The molecule has 5 nitrogen and oxygen atoms in total. The Balaban J connectivity index is 2.71. The van der Waals surface area contributed by atoms with Crippen LogP contribution in [0.4, 0.5) is 0 Å². The molecule has 3 unspecified atom stereocenters. The van der Waals surface area contributed by atoms with Crippen LogP contribution >= 0.6 is 0 Å². The van der Waals surface area contributed by atoms with Gasteiger partial charge in [0.25, 0.3) is 0 Å². The summed E-state index contributed by atoms with van der Waals surface area (Å²) in [5.41, 5.74) is 5.48. The largest absolute Gasteiger partial charge is 0.480 e. The zero-order valence-electron chi connectivity index (χ0n) is 10.6. The monoisotopic (exact) mass is 242 g/mol. The smallest absolute Gasteiger partial charge is 0.326 e. The zero-order chi connectivity index (χ0) is 13.0. The second kappa shape index (κ2) is 6.00. The van der Waals surface area contributed by atoms with Gasteiger partial charge in [-0.3, -0.25) is 4.79 Å². The van der Waals surface area contributed by atoms with Crippen molar-refractivity contribution < 1.29 is 14.7 Å². The quantitative estimate of drug-likeness (QED) is 0.759. The minimum atomic E-state index is -0.897. The Morgan fingerprint density at radius 3 is 2.71 bits per heavy atom. The number of nitrogens with two attached hydrogens (primary N) is 1. The first kappa shape index (κ1) is 14.0. The van der Waals surface area contributed by atoms with Crippen molar-refractivity contribution in [2.45, 2.75) is 39.2 Å². The molecule has 0 aromatic heterocycles. The number of nitrogens with zero attached hydrogens (tertiary/aromatic N) is 1. The van der Waals surface area contributed by atoms with E-state index in [1.807, 2.05) is 13.8 Å². The van der Waals surface area contributed by atoms with Crippen molar-refractivity contribution in [2.24, 2.45) is 17.6 Å². The molecule has 1 heterocycles. The van der Waals surface area contributed by atoms with Crippen LogP contribution in [0.3, 0.4) is 0 Å². The molecular weight excluding hydrogens is 220 g/mol. The number of piperidine rings is 1. The van der Waals surface area contributed by atoms with Crippen molar-refractivity contribution >= 4 is 11.9 Å². The van der Waals surface area contributed by atoms with E-state index in [0.717, 1.165) is 12.8 Å². The van der Waals surface area contributed by atoms with Gasteiger partial charge in [-0.1, -0.05) is 13.8 Å². The van der Waals surface area contributed by atoms with Crippen LogP contribution in [0.25, 0.3) is 0 Å². The van der Waals surface area contributed by atoms with Gasteiger partial charge in [0.15, 0.2) is 0 Å². The van der Waals surface area contributed by atoms with Crippen molar-refractivity contribution in [2.75, 3.05) is 13.1 Å². The number of hydrogen-bond donors (Lipinski definition) is 2. The Kier molecular flexibility index (Phi) is 4.93. The summed E-state index contributed by atoms with van der Waals surface area (Å²) in [6.45, 7) is 4.80. The van der Waals surface area contributed by atoms with Crippen LogP contribution in [0.2, 0.25) is 0 Å². The molecule has 0 aromatic rings. The summed E-state index contributed by atoms with van der Waals surface area (Å²) in [7, 11) is 0. The van der Waals surface area contributed by atoms with Gasteiger partial charge in [-0.15, -0.1) is 0 Å². The number of hydrogen-bond acceptors (Lipinski definition) is 3. The minimum Gasteiger partial charge on any atom is -0.480 e. The van der Waals surface area contributed by atoms with E-state index in [9.17, 15) is 14.7 Å². The molecule has 0 aromatic carbocycles. The summed E-state index contributed by atoms with van der Waals surface area (Å²) in [6.07, 6.45) is 2.09. The fourth-order valence-electron chi connectivity index (χ4n) is 2.34. The third-order valence-electron chi connectivity index (χ3n) is 3.43. The van der Waals surface area contributed by atoms with Crippen molar-refractivity contribution in [1.29, 1.82) is 0 Å². The molecule has 0 aliphatic carbocycles. The van der Waals surface area contributed by atoms with E-state index in [1.165, 1.54) is 4.90 Å². The van der Waals surface area contributed by atoms with Crippen LogP contribution in [0, 0.1) is 11.8 Å². The highest BCUT2D eigenvalue weighted by Gasteiger charge is 2.36. The molecule has 3 N–H and O–H groups in total. The molecule has 1 aliphatic rings. The molecule has 0 radical (unpaired) electrons.